The van der Waals surface area contributed by atoms with E-state index in [1.807, 2.05) is 0 Å². The molecule has 2 rings (SSSR count). The van der Waals surface area contributed by atoms with Gasteiger partial charge in [0.15, 0.2) is 9.84 Å². The minimum atomic E-state index is -2.81. The van der Waals surface area contributed by atoms with E-state index >= 15 is 0 Å². The Bertz CT molecular complexity index is 405. The van der Waals surface area contributed by atoms with Crippen molar-refractivity contribution in [2.24, 2.45) is 0 Å². The highest BCUT2D eigenvalue weighted by Crippen LogP contribution is 2.20. The first-order valence-corrected chi connectivity index (χ1v) is 8.44. The summed E-state index contributed by atoms with van der Waals surface area (Å²) in [7, 11) is -2.81. The van der Waals surface area contributed by atoms with Crippen LogP contribution in [0.1, 0.15) is 25.7 Å². The van der Waals surface area contributed by atoms with Crippen molar-refractivity contribution < 1.29 is 8.42 Å². The molecule has 1 unspecified atom stereocenters. The number of nitrogens with one attached hydrogen (secondary N) is 1. The molecule has 0 aromatic rings. The van der Waals surface area contributed by atoms with E-state index in [2.05, 4.69) is 16.1 Å². The van der Waals surface area contributed by atoms with Crippen LogP contribution in [0.5, 0.6) is 0 Å². The molecule has 5 heteroatoms. The Hall–Kier alpha value is -0.570. The summed E-state index contributed by atoms with van der Waals surface area (Å²) in [5.74, 6) is 3.04. The fourth-order valence-electron chi connectivity index (χ4n) is 2.81. The van der Waals surface area contributed by atoms with Crippen LogP contribution >= 0.6 is 0 Å². The van der Waals surface area contributed by atoms with Crippen molar-refractivity contribution in [1.29, 1.82) is 0 Å². The van der Waals surface area contributed by atoms with E-state index in [4.69, 9.17) is 6.42 Å². The average molecular weight is 270 g/mol. The van der Waals surface area contributed by atoms with Crippen LogP contribution in [0.15, 0.2) is 0 Å². The molecule has 2 heterocycles. The fraction of sp³-hybridized carbons (Fsp3) is 0.846. The summed E-state index contributed by atoms with van der Waals surface area (Å²) in [6.07, 6.45) is 9.07. The van der Waals surface area contributed by atoms with Crippen LogP contribution in [0.4, 0.5) is 0 Å². The quantitative estimate of drug-likeness (QED) is 0.744. The van der Waals surface area contributed by atoms with E-state index in [1.54, 1.807) is 0 Å². The summed E-state index contributed by atoms with van der Waals surface area (Å²) >= 11 is 0. The number of terminal acetylenes is 1. The van der Waals surface area contributed by atoms with Gasteiger partial charge in [-0.15, -0.1) is 6.42 Å². The molecular formula is C13H22N2O2S. The Morgan fingerprint density at radius 1 is 1.28 bits per heavy atom. The zero-order chi connectivity index (χ0) is 13.0. The van der Waals surface area contributed by atoms with Crippen molar-refractivity contribution >= 4 is 9.84 Å². The predicted molar refractivity (Wildman–Crippen MR) is 73.1 cm³/mol. The average Bonchev–Trinajstić information content (AvgIpc) is 2.68. The highest BCUT2D eigenvalue weighted by Gasteiger charge is 2.31. The van der Waals surface area contributed by atoms with Gasteiger partial charge in [-0.1, -0.05) is 5.92 Å². The zero-order valence-electron chi connectivity index (χ0n) is 10.8. The first kappa shape index (κ1) is 13.9. The summed E-state index contributed by atoms with van der Waals surface area (Å²) in [5, 5.41) is 3.27. The lowest BCUT2D eigenvalue weighted by atomic mass is 10.0. The molecule has 2 aliphatic rings. The summed E-state index contributed by atoms with van der Waals surface area (Å²) < 4.78 is 23.4. The summed E-state index contributed by atoms with van der Waals surface area (Å²) in [6, 6.07) is 0.454. The second-order valence-corrected chi connectivity index (χ2v) is 7.69. The molecule has 0 radical (unpaired) electrons. The van der Waals surface area contributed by atoms with Crippen LogP contribution in [0, 0.1) is 12.3 Å². The number of piperidine rings is 1. The van der Waals surface area contributed by atoms with E-state index < -0.39 is 9.84 Å². The number of nitrogens with zero attached hydrogens (tertiary/aromatic N) is 1. The van der Waals surface area contributed by atoms with Gasteiger partial charge >= 0.3 is 0 Å². The molecule has 0 aromatic heterocycles. The number of likely N-dealkylation sites (tertiary alicyclic amines) is 1. The van der Waals surface area contributed by atoms with E-state index in [-0.39, 0.29) is 5.25 Å². The first-order valence-electron chi connectivity index (χ1n) is 6.72. The molecule has 18 heavy (non-hydrogen) atoms. The van der Waals surface area contributed by atoms with Crippen LogP contribution in [-0.4, -0.2) is 56.5 Å². The molecule has 102 valence electrons. The lowest BCUT2D eigenvalue weighted by Crippen LogP contribution is -2.45. The summed E-state index contributed by atoms with van der Waals surface area (Å²) in [5.41, 5.74) is 0. The van der Waals surface area contributed by atoms with E-state index in [0.717, 1.165) is 45.3 Å². The lowest BCUT2D eigenvalue weighted by molar-refractivity contribution is 0.218. The monoisotopic (exact) mass is 270 g/mol. The maximum Gasteiger partial charge on any atom is 0.154 e. The molecule has 0 amide bonds. The van der Waals surface area contributed by atoms with Gasteiger partial charge in [-0.3, -0.25) is 4.90 Å². The molecule has 0 spiro atoms. The van der Waals surface area contributed by atoms with Gasteiger partial charge < -0.3 is 5.32 Å². The molecule has 0 bridgehead atoms. The Labute approximate surface area is 110 Å². The third-order valence-corrected chi connectivity index (χ3v) is 6.28. The third-order valence-electron chi connectivity index (χ3n) is 4.00. The molecule has 2 aliphatic heterocycles. The first-order chi connectivity index (χ1) is 8.62. The number of sulfone groups is 1. The van der Waals surface area contributed by atoms with Crippen molar-refractivity contribution in [2.75, 3.05) is 31.9 Å². The molecule has 1 N–H and O–H groups in total. The second-order valence-electron chi connectivity index (χ2n) is 5.29. The van der Waals surface area contributed by atoms with Gasteiger partial charge in [0.25, 0.3) is 0 Å². The molecular weight excluding hydrogens is 248 g/mol. The molecule has 2 saturated heterocycles. The van der Waals surface area contributed by atoms with Gasteiger partial charge in [-0.25, -0.2) is 8.42 Å². The molecule has 2 fully saturated rings. The maximum absolute atomic E-state index is 11.7. The Balaban J connectivity index is 1.71. The maximum atomic E-state index is 11.7. The molecule has 0 aliphatic carbocycles. The Kier molecular flexibility index (Phi) is 4.66. The topological polar surface area (TPSA) is 49.4 Å². The predicted octanol–water partition coefficient (Wildman–Crippen LogP) is 0.251. The Morgan fingerprint density at radius 3 is 2.56 bits per heavy atom. The van der Waals surface area contributed by atoms with Crippen LogP contribution in [-0.2, 0) is 9.84 Å². The minimum absolute atomic E-state index is 0.152. The van der Waals surface area contributed by atoms with E-state index in [1.165, 1.54) is 0 Å². The number of hydrogen-bond acceptors (Lipinski definition) is 4. The normalized spacial score (nSPS) is 29.2. The van der Waals surface area contributed by atoms with Gasteiger partial charge in [-0.2, -0.15) is 0 Å². The standard InChI is InChI=1S/C13H22N2O2S/c1-2-7-15-8-5-12(6-9-15)14-11-13-4-3-10-18(13,16)17/h1,12-14H,3-11H2. The van der Waals surface area contributed by atoms with Crippen LogP contribution in [0.2, 0.25) is 0 Å². The van der Waals surface area contributed by atoms with Gasteiger partial charge in [0.05, 0.1) is 17.5 Å². The summed E-state index contributed by atoms with van der Waals surface area (Å²) in [6.45, 7) is 3.38. The second kappa shape index (κ2) is 6.05. The Morgan fingerprint density at radius 2 is 2.00 bits per heavy atom. The van der Waals surface area contributed by atoms with Crippen LogP contribution in [0.3, 0.4) is 0 Å². The smallest absolute Gasteiger partial charge is 0.154 e. The van der Waals surface area contributed by atoms with Crippen molar-refractivity contribution in [3.63, 3.8) is 0 Å². The minimum Gasteiger partial charge on any atom is -0.313 e. The zero-order valence-corrected chi connectivity index (χ0v) is 11.6. The molecule has 0 saturated carbocycles. The van der Waals surface area contributed by atoms with Crippen molar-refractivity contribution in [3.8, 4) is 12.3 Å². The van der Waals surface area contributed by atoms with Gasteiger partial charge in [0.2, 0.25) is 0 Å². The highest BCUT2D eigenvalue weighted by molar-refractivity contribution is 7.92. The third kappa shape index (κ3) is 3.47. The summed E-state index contributed by atoms with van der Waals surface area (Å²) in [4.78, 5) is 2.27. The molecule has 4 nitrogen and oxygen atoms in total. The van der Waals surface area contributed by atoms with Crippen molar-refractivity contribution in [1.82, 2.24) is 10.2 Å². The lowest BCUT2D eigenvalue weighted by Gasteiger charge is -2.31. The van der Waals surface area contributed by atoms with Gasteiger partial charge in [0, 0.05) is 25.7 Å². The SMILES string of the molecule is C#CCN1CCC(NCC2CCCS2(=O)=O)CC1. The molecule has 1 atom stereocenters. The van der Waals surface area contributed by atoms with Crippen molar-refractivity contribution in [3.05, 3.63) is 0 Å². The fourth-order valence-corrected chi connectivity index (χ4v) is 4.59. The van der Waals surface area contributed by atoms with Gasteiger partial charge in [0.1, 0.15) is 0 Å². The van der Waals surface area contributed by atoms with E-state index in [0.29, 0.717) is 18.3 Å². The van der Waals surface area contributed by atoms with E-state index in [9.17, 15) is 8.42 Å². The number of hydrogen-bond donors (Lipinski definition) is 1. The van der Waals surface area contributed by atoms with Crippen LogP contribution < -0.4 is 5.32 Å². The van der Waals surface area contributed by atoms with Gasteiger partial charge in [-0.05, 0) is 25.7 Å². The largest absolute Gasteiger partial charge is 0.313 e. The van der Waals surface area contributed by atoms with Crippen molar-refractivity contribution in [2.45, 2.75) is 37.0 Å². The van der Waals surface area contributed by atoms with Crippen LogP contribution in [0.25, 0.3) is 0 Å². The highest BCUT2D eigenvalue weighted by atomic mass is 32.2. The number of rotatable bonds is 4. The molecule has 0 aromatic carbocycles.